The molecular formula is C13H21N3O2. The Hall–Kier alpha value is -1.49. The molecule has 0 aromatic carbocycles. The summed E-state index contributed by atoms with van der Waals surface area (Å²) in [6.45, 7) is 4.78. The highest BCUT2D eigenvalue weighted by atomic mass is 16.3. The number of nitrogens with two attached hydrogens (primary N) is 1. The van der Waals surface area contributed by atoms with Gasteiger partial charge in [-0.15, -0.1) is 0 Å². The van der Waals surface area contributed by atoms with Crippen molar-refractivity contribution >= 4 is 11.6 Å². The molecule has 0 radical (unpaired) electrons. The third kappa shape index (κ3) is 2.22. The SMILES string of the molecule is CC(C)n1cc(N)cc1C(=O)N1CCC[C@@H]1CO. The number of likely N-dealkylation sites (tertiary alicyclic amines) is 1. The van der Waals surface area contributed by atoms with Gasteiger partial charge in [0.1, 0.15) is 5.69 Å². The van der Waals surface area contributed by atoms with E-state index in [4.69, 9.17) is 5.73 Å². The van der Waals surface area contributed by atoms with Gasteiger partial charge < -0.3 is 20.3 Å². The van der Waals surface area contributed by atoms with E-state index in [-0.39, 0.29) is 24.6 Å². The van der Waals surface area contributed by atoms with Crippen LogP contribution in [-0.4, -0.2) is 39.7 Å². The molecule has 5 nitrogen and oxygen atoms in total. The van der Waals surface area contributed by atoms with Gasteiger partial charge in [-0.3, -0.25) is 4.79 Å². The maximum atomic E-state index is 12.5. The summed E-state index contributed by atoms with van der Waals surface area (Å²) < 4.78 is 1.89. The predicted molar refractivity (Wildman–Crippen MR) is 70.4 cm³/mol. The van der Waals surface area contributed by atoms with Gasteiger partial charge in [0.15, 0.2) is 0 Å². The molecule has 5 heteroatoms. The van der Waals surface area contributed by atoms with Crippen molar-refractivity contribution in [2.45, 2.75) is 38.8 Å². The molecule has 2 heterocycles. The Bertz CT molecular complexity index is 439. The lowest BCUT2D eigenvalue weighted by atomic mass is 10.2. The number of carbonyl (C=O) groups excluding carboxylic acids is 1. The van der Waals surface area contributed by atoms with Gasteiger partial charge in [-0.2, -0.15) is 0 Å². The van der Waals surface area contributed by atoms with Crippen LogP contribution in [0.15, 0.2) is 12.3 Å². The van der Waals surface area contributed by atoms with Gasteiger partial charge >= 0.3 is 0 Å². The second-order valence-corrected chi connectivity index (χ2v) is 5.14. The second kappa shape index (κ2) is 5.02. The summed E-state index contributed by atoms with van der Waals surface area (Å²) in [6.07, 6.45) is 3.62. The molecule has 18 heavy (non-hydrogen) atoms. The number of aliphatic hydroxyl groups excluding tert-OH is 1. The van der Waals surface area contributed by atoms with Crippen molar-refractivity contribution in [3.05, 3.63) is 18.0 Å². The number of anilines is 1. The molecule has 0 bridgehead atoms. The third-order valence-corrected chi connectivity index (χ3v) is 3.49. The van der Waals surface area contributed by atoms with E-state index in [2.05, 4.69) is 0 Å². The highest BCUT2D eigenvalue weighted by Crippen LogP contribution is 2.23. The molecule has 1 aromatic rings. The zero-order valence-electron chi connectivity index (χ0n) is 11.0. The van der Waals surface area contributed by atoms with Gasteiger partial charge in [-0.25, -0.2) is 0 Å². The number of rotatable bonds is 3. The van der Waals surface area contributed by atoms with E-state index in [9.17, 15) is 9.90 Å². The largest absolute Gasteiger partial charge is 0.397 e. The van der Waals surface area contributed by atoms with Crippen molar-refractivity contribution in [1.82, 2.24) is 9.47 Å². The standard InChI is InChI=1S/C13H21N3O2/c1-9(2)16-7-10(14)6-12(16)13(18)15-5-3-4-11(15)8-17/h6-7,9,11,17H,3-5,8,14H2,1-2H3/t11-/m1/s1. The number of nitrogen functional groups attached to an aromatic ring is 1. The van der Waals surface area contributed by atoms with Crippen molar-refractivity contribution < 1.29 is 9.90 Å². The Balaban J connectivity index is 2.28. The fourth-order valence-corrected chi connectivity index (χ4v) is 2.54. The minimum atomic E-state index is -0.0470. The van der Waals surface area contributed by atoms with Gasteiger partial charge in [0, 0.05) is 18.8 Å². The van der Waals surface area contributed by atoms with Crippen LogP contribution < -0.4 is 5.73 Å². The number of hydrogen-bond donors (Lipinski definition) is 2. The Kier molecular flexibility index (Phi) is 3.61. The van der Waals surface area contributed by atoms with E-state index in [1.165, 1.54) is 0 Å². The predicted octanol–water partition coefficient (Wildman–Crippen LogP) is 1.25. The summed E-state index contributed by atoms with van der Waals surface area (Å²) in [4.78, 5) is 14.3. The Morgan fingerprint density at radius 1 is 1.61 bits per heavy atom. The minimum absolute atomic E-state index is 0.0306. The van der Waals surface area contributed by atoms with Gasteiger partial charge in [0.2, 0.25) is 0 Å². The topological polar surface area (TPSA) is 71.5 Å². The summed E-state index contributed by atoms with van der Waals surface area (Å²) in [7, 11) is 0. The number of amides is 1. The van der Waals surface area contributed by atoms with Crippen LogP contribution in [0.1, 0.15) is 43.2 Å². The highest BCUT2D eigenvalue weighted by Gasteiger charge is 2.30. The third-order valence-electron chi connectivity index (χ3n) is 3.49. The lowest BCUT2D eigenvalue weighted by molar-refractivity contribution is 0.0665. The highest BCUT2D eigenvalue weighted by molar-refractivity contribution is 5.94. The molecule has 0 aliphatic carbocycles. The van der Waals surface area contributed by atoms with E-state index >= 15 is 0 Å². The molecule has 1 amide bonds. The Morgan fingerprint density at radius 2 is 2.33 bits per heavy atom. The first-order valence-corrected chi connectivity index (χ1v) is 6.43. The molecule has 0 saturated carbocycles. The van der Waals surface area contributed by atoms with Crippen molar-refractivity contribution in [3.8, 4) is 0 Å². The molecule has 0 spiro atoms. The molecular weight excluding hydrogens is 230 g/mol. The van der Waals surface area contributed by atoms with Crippen LogP contribution in [0.2, 0.25) is 0 Å². The summed E-state index contributed by atoms with van der Waals surface area (Å²) in [6, 6.07) is 1.86. The first kappa shape index (κ1) is 13.0. The lowest BCUT2D eigenvalue weighted by Gasteiger charge is -2.24. The molecule has 1 atom stereocenters. The second-order valence-electron chi connectivity index (χ2n) is 5.14. The zero-order valence-corrected chi connectivity index (χ0v) is 11.0. The Labute approximate surface area is 107 Å². The van der Waals surface area contributed by atoms with Gasteiger partial charge in [-0.05, 0) is 32.8 Å². The van der Waals surface area contributed by atoms with Crippen LogP contribution >= 0.6 is 0 Å². The molecule has 1 aliphatic rings. The van der Waals surface area contributed by atoms with E-state index in [0.29, 0.717) is 17.9 Å². The number of nitrogens with zero attached hydrogens (tertiary/aromatic N) is 2. The lowest BCUT2D eigenvalue weighted by Crippen LogP contribution is -2.38. The minimum Gasteiger partial charge on any atom is -0.397 e. The molecule has 0 unspecified atom stereocenters. The number of aromatic nitrogens is 1. The molecule has 1 saturated heterocycles. The number of aliphatic hydroxyl groups is 1. The normalized spacial score (nSPS) is 19.8. The monoisotopic (exact) mass is 251 g/mol. The smallest absolute Gasteiger partial charge is 0.270 e. The van der Waals surface area contributed by atoms with Crippen molar-refractivity contribution in [2.24, 2.45) is 0 Å². The molecule has 1 aliphatic heterocycles. The summed E-state index contributed by atoms with van der Waals surface area (Å²) in [5.74, 6) is -0.0306. The molecule has 2 rings (SSSR count). The summed E-state index contributed by atoms with van der Waals surface area (Å²) in [5.41, 5.74) is 7.00. The summed E-state index contributed by atoms with van der Waals surface area (Å²) in [5, 5.41) is 9.29. The average molecular weight is 251 g/mol. The van der Waals surface area contributed by atoms with Crippen LogP contribution in [0.3, 0.4) is 0 Å². The zero-order chi connectivity index (χ0) is 13.3. The van der Waals surface area contributed by atoms with E-state index in [1.54, 1.807) is 17.2 Å². The molecule has 1 fully saturated rings. The van der Waals surface area contributed by atoms with Crippen molar-refractivity contribution in [1.29, 1.82) is 0 Å². The number of carbonyl (C=O) groups is 1. The van der Waals surface area contributed by atoms with Crippen molar-refractivity contribution in [2.75, 3.05) is 18.9 Å². The van der Waals surface area contributed by atoms with Gasteiger partial charge in [0.25, 0.3) is 5.91 Å². The maximum Gasteiger partial charge on any atom is 0.270 e. The quantitative estimate of drug-likeness (QED) is 0.849. The van der Waals surface area contributed by atoms with E-state index in [1.807, 2.05) is 18.4 Å². The van der Waals surface area contributed by atoms with Crippen LogP contribution in [0.25, 0.3) is 0 Å². The van der Waals surface area contributed by atoms with E-state index in [0.717, 1.165) is 12.8 Å². The molecule has 1 aromatic heterocycles. The van der Waals surface area contributed by atoms with E-state index < -0.39 is 0 Å². The van der Waals surface area contributed by atoms with Crippen LogP contribution in [0.5, 0.6) is 0 Å². The first-order chi connectivity index (χ1) is 8.54. The first-order valence-electron chi connectivity index (χ1n) is 6.43. The fourth-order valence-electron chi connectivity index (χ4n) is 2.54. The van der Waals surface area contributed by atoms with Crippen molar-refractivity contribution in [3.63, 3.8) is 0 Å². The van der Waals surface area contributed by atoms with Crippen LogP contribution in [0, 0.1) is 0 Å². The molecule has 3 N–H and O–H groups in total. The van der Waals surface area contributed by atoms with Gasteiger partial charge in [0.05, 0.1) is 18.3 Å². The fraction of sp³-hybridized carbons (Fsp3) is 0.615. The Morgan fingerprint density at radius 3 is 2.94 bits per heavy atom. The average Bonchev–Trinajstić information content (AvgIpc) is 2.93. The number of hydrogen-bond acceptors (Lipinski definition) is 3. The summed E-state index contributed by atoms with van der Waals surface area (Å²) >= 11 is 0. The van der Waals surface area contributed by atoms with Crippen LogP contribution in [-0.2, 0) is 0 Å². The molecule has 100 valence electrons. The van der Waals surface area contributed by atoms with Crippen LogP contribution in [0.4, 0.5) is 5.69 Å². The maximum absolute atomic E-state index is 12.5. The van der Waals surface area contributed by atoms with Gasteiger partial charge in [-0.1, -0.05) is 0 Å².